The predicted molar refractivity (Wildman–Crippen MR) is 142 cm³/mol. The Hall–Kier alpha value is -2.95. The van der Waals surface area contributed by atoms with Crippen LogP contribution < -0.4 is 0 Å². The molecule has 3 aromatic rings. The van der Waals surface area contributed by atoms with Gasteiger partial charge in [0.2, 0.25) is 5.90 Å². The van der Waals surface area contributed by atoms with Gasteiger partial charge in [0.05, 0.1) is 23.2 Å². The molecule has 0 radical (unpaired) electrons. The van der Waals surface area contributed by atoms with Crippen molar-refractivity contribution in [1.29, 1.82) is 0 Å². The van der Waals surface area contributed by atoms with E-state index < -0.39 is 11.6 Å². The molecule has 1 saturated heterocycles. The van der Waals surface area contributed by atoms with Crippen LogP contribution in [0.5, 0.6) is 0 Å². The van der Waals surface area contributed by atoms with E-state index in [1.165, 1.54) is 0 Å². The van der Waals surface area contributed by atoms with Gasteiger partial charge in [0, 0.05) is 0 Å². The zero-order chi connectivity index (χ0) is 24.8. The van der Waals surface area contributed by atoms with E-state index >= 15 is 0 Å². The van der Waals surface area contributed by atoms with E-state index in [1.807, 2.05) is 0 Å². The molecule has 0 aromatic heterocycles. The molecule has 4 heteroatoms. The third-order valence-corrected chi connectivity index (χ3v) is 7.27. The molecule has 3 aromatic carbocycles. The van der Waals surface area contributed by atoms with Crippen molar-refractivity contribution in [3.05, 3.63) is 108 Å². The summed E-state index contributed by atoms with van der Waals surface area (Å²) in [6.07, 6.45) is -0.571. The Morgan fingerprint density at radius 1 is 0.829 bits per heavy atom. The molecule has 2 aliphatic heterocycles. The minimum absolute atomic E-state index is 0.133. The zero-order valence-electron chi connectivity index (χ0n) is 21.3. The highest BCUT2D eigenvalue weighted by atomic mass is 16.5. The number of aliphatic hydroxyl groups is 1. The van der Waals surface area contributed by atoms with Crippen LogP contribution in [0.4, 0.5) is 0 Å². The molecule has 0 bridgehead atoms. The van der Waals surface area contributed by atoms with E-state index in [0.717, 1.165) is 22.6 Å². The second-order valence-corrected chi connectivity index (χ2v) is 11.5. The predicted octanol–water partition coefficient (Wildman–Crippen LogP) is 5.65. The number of aliphatic hydroxyl groups excluding tert-OH is 1. The van der Waals surface area contributed by atoms with Gasteiger partial charge in [-0.2, -0.15) is 0 Å². The number of nitrogens with zero attached hydrogens (tertiary/aromatic N) is 2. The molecule has 1 fully saturated rings. The molecule has 1 N–H and O–H groups in total. The van der Waals surface area contributed by atoms with Crippen molar-refractivity contribution in [2.45, 2.75) is 63.9 Å². The fourth-order valence-corrected chi connectivity index (χ4v) is 5.53. The van der Waals surface area contributed by atoms with Crippen LogP contribution in [0.25, 0.3) is 0 Å². The van der Waals surface area contributed by atoms with E-state index in [4.69, 9.17) is 9.73 Å². The summed E-state index contributed by atoms with van der Waals surface area (Å²) in [6.45, 7) is 11.0. The molecule has 0 spiro atoms. The third-order valence-electron chi connectivity index (χ3n) is 7.27. The number of hydrogen-bond donors (Lipinski definition) is 1. The molecule has 4 nitrogen and oxygen atoms in total. The maximum Gasteiger partial charge on any atom is 0.203 e. The van der Waals surface area contributed by atoms with Crippen LogP contribution in [0.15, 0.2) is 96.0 Å². The lowest BCUT2D eigenvalue weighted by atomic mass is 9.76. The van der Waals surface area contributed by atoms with Gasteiger partial charge in [-0.25, -0.2) is 4.99 Å². The highest BCUT2D eigenvalue weighted by Gasteiger charge is 2.67. The number of rotatable bonds is 6. The monoisotopic (exact) mass is 468 g/mol. The van der Waals surface area contributed by atoms with Gasteiger partial charge < -0.3 is 9.84 Å². The van der Waals surface area contributed by atoms with Crippen LogP contribution in [-0.2, 0) is 10.3 Å². The lowest BCUT2D eigenvalue weighted by Crippen LogP contribution is -2.43. The van der Waals surface area contributed by atoms with Crippen molar-refractivity contribution in [3.63, 3.8) is 0 Å². The van der Waals surface area contributed by atoms with Gasteiger partial charge in [0.25, 0.3) is 0 Å². The van der Waals surface area contributed by atoms with Crippen molar-refractivity contribution in [3.8, 4) is 0 Å². The average molecular weight is 469 g/mol. The van der Waals surface area contributed by atoms with E-state index in [9.17, 15) is 5.11 Å². The maximum atomic E-state index is 11.7. The van der Waals surface area contributed by atoms with Crippen LogP contribution in [0, 0.1) is 5.41 Å². The molecule has 2 heterocycles. The van der Waals surface area contributed by atoms with Crippen LogP contribution in [0.3, 0.4) is 0 Å². The quantitative estimate of drug-likeness (QED) is 0.376. The van der Waals surface area contributed by atoms with Crippen LogP contribution in [0.1, 0.15) is 51.3 Å². The van der Waals surface area contributed by atoms with Gasteiger partial charge in [-0.1, -0.05) is 112 Å². The van der Waals surface area contributed by atoms with Crippen molar-refractivity contribution >= 4 is 5.90 Å². The van der Waals surface area contributed by atoms with E-state index in [0.29, 0.717) is 6.61 Å². The third kappa shape index (κ3) is 4.09. The summed E-state index contributed by atoms with van der Waals surface area (Å²) in [6, 6.07) is 31.6. The molecule has 0 saturated carbocycles. The highest BCUT2D eigenvalue weighted by molar-refractivity contribution is 5.88. The fourth-order valence-electron chi connectivity index (χ4n) is 5.53. The molecule has 2 aliphatic rings. The Bertz CT molecular complexity index is 1090. The van der Waals surface area contributed by atoms with Crippen molar-refractivity contribution in [2.24, 2.45) is 10.4 Å². The summed E-state index contributed by atoms with van der Waals surface area (Å²) >= 11 is 0. The van der Waals surface area contributed by atoms with Crippen molar-refractivity contribution < 1.29 is 9.84 Å². The molecular formula is C31H36N2O2. The molecule has 3 unspecified atom stereocenters. The summed E-state index contributed by atoms with van der Waals surface area (Å²) < 4.78 is 6.22. The van der Waals surface area contributed by atoms with Crippen molar-refractivity contribution in [2.75, 3.05) is 6.61 Å². The molecule has 5 rings (SSSR count). The number of benzene rings is 3. The zero-order valence-corrected chi connectivity index (χ0v) is 21.3. The molecule has 0 aliphatic carbocycles. The number of aliphatic imine (C=N–C) groups is 1. The highest BCUT2D eigenvalue weighted by Crippen LogP contribution is 2.55. The first-order chi connectivity index (χ1) is 16.7. The topological polar surface area (TPSA) is 44.8 Å². The molecule has 35 heavy (non-hydrogen) atoms. The minimum Gasteiger partial charge on any atom is -0.477 e. The Kier molecular flexibility index (Phi) is 5.85. The Balaban J connectivity index is 1.79. The maximum absolute atomic E-state index is 11.7. The Labute approximate surface area is 209 Å². The first-order valence-electron chi connectivity index (χ1n) is 12.5. The van der Waals surface area contributed by atoms with E-state index in [2.05, 4.69) is 131 Å². The standard InChI is InChI=1S/C31H36N2O2/c1-29(2,3)27(34)25-26(28-32-30(4,5)21-35-28)33(25)31(22-15-9-6-10-16-22,23-17-11-7-12-18-23)24-19-13-8-14-20-24/h6-20,25-27,34H,21H2,1-5H3/t25?,26?,27-,33?/m0/s1. The van der Waals surface area contributed by atoms with Crippen LogP contribution in [-0.4, -0.2) is 46.2 Å². The lowest BCUT2D eigenvalue weighted by Gasteiger charge is -2.39. The normalized spacial score (nSPS) is 24.4. The molecule has 182 valence electrons. The lowest BCUT2D eigenvalue weighted by molar-refractivity contribution is 0.0437. The second kappa shape index (κ2) is 8.61. The molecule has 4 atom stereocenters. The summed E-state index contributed by atoms with van der Waals surface area (Å²) in [7, 11) is 0. The Morgan fingerprint density at radius 2 is 1.26 bits per heavy atom. The van der Waals surface area contributed by atoms with E-state index in [1.54, 1.807) is 0 Å². The number of hydrogen-bond acceptors (Lipinski definition) is 4. The van der Waals surface area contributed by atoms with E-state index in [-0.39, 0.29) is 23.0 Å². The van der Waals surface area contributed by atoms with Gasteiger partial charge in [-0.15, -0.1) is 0 Å². The van der Waals surface area contributed by atoms with Gasteiger partial charge in [0.1, 0.15) is 12.6 Å². The largest absolute Gasteiger partial charge is 0.477 e. The first-order valence-corrected chi connectivity index (χ1v) is 12.5. The Morgan fingerprint density at radius 3 is 1.60 bits per heavy atom. The average Bonchev–Trinajstić information content (AvgIpc) is 3.48. The molecule has 0 amide bonds. The fraction of sp³-hybridized carbons (Fsp3) is 0.387. The molecular weight excluding hydrogens is 432 g/mol. The van der Waals surface area contributed by atoms with Gasteiger partial charge >= 0.3 is 0 Å². The second-order valence-electron chi connectivity index (χ2n) is 11.5. The summed E-state index contributed by atoms with van der Waals surface area (Å²) in [4.78, 5) is 7.42. The summed E-state index contributed by atoms with van der Waals surface area (Å²) in [5.41, 5.74) is 2.28. The minimum atomic E-state index is -0.621. The van der Waals surface area contributed by atoms with Crippen LogP contribution in [0.2, 0.25) is 0 Å². The van der Waals surface area contributed by atoms with Crippen molar-refractivity contribution in [1.82, 2.24) is 4.90 Å². The summed E-state index contributed by atoms with van der Waals surface area (Å²) in [5.74, 6) is 0.732. The van der Waals surface area contributed by atoms with Gasteiger partial charge in [-0.3, -0.25) is 4.90 Å². The van der Waals surface area contributed by atoms with Gasteiger partial charge in [-0.05, 0) is 36.0 Å². The summed E-state index contributed by atoms with van der Waals surface area (Å²) in [5, 5.41) is 11.7. The SMILES string of the molecule is CC1(C)COC(C2C([C@H](O)C(C)(C)C)N2C(c2ccccc2)(c2ccccc2)c2ccccc2)=N1. The van der Waals surface area contributed by atoms with Crippen LogP contribution >= 0.6 is 0 Å². The first kappa shape index (κ1) is 23.8. The number of ether oxygens (including phenoxy) is 1. The van der Waals surface area contributed by atoms with Gasteiger partial charge in [0.15, 0.2) is 0 Å². The smallest absolute Gasteiger partial charge is 0.203 e.